The van der Waals surface area contributed by atoms with Gasteiger partial charge >= 0.3 is 0 Å². The zero-order valence-electron chi connectivity index (χ0n) is 12.3. The minimum atomic E-state index is -0.490. The summed E-state index contributed by atoms with van der Waals surface area (Å²) in [5.41, 5.74) is 2.21. The highest BCUT2D eigenvalue weighted by Gasteiger charge is 2.29. The predicted molar refractivity (Wildman–Crippen MR) is 90.1 cm³/mol. The fraction of sp³-hybridized carbons (Fsp3) is 0.235. The van der Waals surface area contributed by atoms with Crippen molar-refractivity contribution in [1.29, 1.82) is 0 Å². The highest BCUT2D eigenvalue weighted by atomic mass is 79.9. The molecule has 1 aliphatic rings. The van der Waals surface area contributed by atoms with Gasteiger partial charge in [-0.05, 0) is 29.8 Å². The minimum absolute atomic E-state index is 0.102. The van der Waals surface area contributed by atoms with Gasteiger partial charge in [0.15, 0.2) is 6.10 Å². The Morgan fingerprint density at radius 1 is 1.27 bits per heavy atom. The Hall–Kier alpha value is -2.01. The molecule has 5 heteroatoms. The molecule has 2 aromatic rings. The standard InChI is InChI=1S/C17H17BrN2O2/c1-19-17(21)16-11-20(10-12-6-8-13(18)9-7-12)14-4-2-3-5-15(14)22-16/h2-9,16H,10-11H2,1H3,(H,19,21)/t16-/m0/s1. The van der Waals surface area contributed by atoms with Crippen LogP contribution in [0.4, 0.5) is 5.69 Å². The summed E-state index contributed by atoms with van der Waals surface area (Å²) in [6.07, 6.45) is -0.490. The first-order valence-corrected chi connectivity index (χ1v) is 7.93. The van der Waals surface area contributed by atoms with E-state index in [0.717, 1.165) is 22.5 Å². The molecule has 1 amide bonds. The Morgan fingerprint density at radius 3 is 2.73 bits per heavy atom. The number of ether oxygens (including phenoxy) is 1. The maximum absolute atomic E-state index is 12.0. The molecule has 3 rings (SSSR count). The van der Waals surface area contributed by atoms with E-state index in [2.05, 4.69) is 38.3 Å². The number of nitrogens with one attached hydrogen (secondary N) is 1. The second-order valence-electron chi connectivity index (χ2n) is 5.20. The lowest BCUT2D eigenvalue weighted by atomic mass is 10.1. The first kappa shape index (κ1) is 14.9. The zero-order valence-corrected chi connectivity index (χ0v) is 13.8. The van der Waals surface area contributed by atoms with Gasteiger partial charge in [-0.25, -0.2) is 0 Å². The molecule has 4 nitrogen and oxygen atoms in total. The predicted octanol–water partition coefficient (Wildman–Crippen LogP) is 2.96. The number of amides is 1. The fourth-order valence-electron chi connectivity index (χ4n) is 2.56. The SMILES string of the molecule is CNC(=O)[C@@H]1CN(Cc2ccc(Br)cc2)c2ccccc2O1. The molecule has 0 aromatic heterocycles. The van der Waals surface area contributed by atoms with Crippen molar-refractivity contribution in [2.24, 2.45) is 0 Å². The normalized spacial score (nSPS) is 16.6. The third kappa shape index (κ3) is 3.09. The molecule has 1 atom stereocenters. The first-order chi connectivity index (χ1) is 10.7. The van der Waals surface area contributed by atoms with Gasteiger partial charge in [0.2, 0.25) is 0 Å². The molecule has 2 aromatic carbocycles. The van der Waals surface area contributed by atoms with Crippen LogP contribution < -0.4 is 15.0 Å². The van der Waals surface area contributed by atoms with Crippen LogP contribution in [0, 0.1) is 0 Å². The van der Waals surface area contributed by atoms with Crippen LogP contribution in [0.3, 0.4) is 0 Å². The van der Waals surface area contributed by atoms with Gasteiger partial charge < -0.3 is 15.0 Å². The van der Waals surface area contributed by atoms with Gasteiger partial charge in [0.05, 0.1) is 12.2 Å². The molecule has 22 heavy (non-hydrogen) atoms. The lowest BCUT2D eigenvalue weighted by Gasteiger charge is -2.35. The summed E-state index contributed by atoms with van der Waals surface area (Å²) in [4.78, 5) is 14.1. The van der Waals surface area contributed by atoms with E-state index < -0.39 is 6.10 Å². The summed E-state index contributed by atoms with van der Waals surface area (Å²) < 4.78 is 6.87. The van der Waals surface area contributed by atoms with E-state index in [1.54, 1.807) is 7.05 Å². The van der Waals surface area contributed by atoms with Crippen molar-refractivity contribution in [3.63, 3.8) is 0 Å². The summed E-state index contributed by atoms with van der Waals surface area (Å²) in [6, 6.07) is 16.0. The van der Waals surface area contributed by atoms with E-state index in [0.29, 0.717) is 6.54 Å². The fourth-order valence-corrected chi connectivity index (χ4v) is 2.83. The number of fused-ring (bicyclic) bond motifs is 1. The number of para-hydroxylation sites is 2. The van der Waals surface area contributed by atoms with Crippen molar-refractivity contribution in [2.45, 2.75) is 12.6 Å². The number of rotatable bonds is 3. The second-order valence-corrected chi connectivity index (χ2v) is 6.11. The molecule has 0 saturated carbocycles. The Morgan fingerprint density at radius 2 is 2.00 bits per heavy atom. The van der Waals surface area contributed by atoms with E-state index >= 15 is 0 Å². The number of carbonyl (C=O) groups excluding carboxylic acids is 1. The number of anilines is 1. The average molecular weight is 361 g/mol. The molecule has 0 spiro atoms. The van der Waals surface area contributed by atoms with Crippen molar-refractivity contribution in [2.75, 3.05) is 18.5 Å². The molecule has 0 unspecified atom stereocenters. The Balaban J connectivity index is 1.88. The van der Waals surface area contributed by atoms with Crippen molar-refractivity contribution in [3.05, 3.63) is 58.6 Å². The van der Waals surface area contributed by atoms with Crippen molar-refractivity contribution >= 4 is 27.5 Å². The summed E-state index contributed by atoms with van der Waals surface area (Å²) in [6.45, 7) is 1.27. The van der Waals surface area contributed by atoms with Crippen molar-refractivity contribution in [1.82, 2.24) is 5.32 Å². The summed E-state index contributed by atoms with van der Waals surface area (Å²) in [5.74, 6) is 0.648. The molecule has 0 aliphatic carbocycles. The molecule has 0 saturated heterocycles. The Bertz CT molecular complexity index is 673. The molecule has 0 bridgehead atoms. The number of likely N-dealkylation sites (N-methyl/N-ethyl adjacent to an activating group) is 1. The quantitative estimate of drug-likeness (QED) is 0.914. The highest BCUT2D eigenvalue weighted by molar-refractivity contribution is 9.10. The maximum Gasteiger partial charge on any atom is 0.262 e. The van der Waals surface area contributed by atoms with Crippen molar-refractivity contribution in [3.8, 4) is 5.75 Å². The van der Waals surface area contributed by atoms with Gasteiger partial charge in [-0.3, -0.25) is 4.79 Å². The minimum Gasteiger partial charge on any atom is -0.477 e. The van der Waals surface area contributed by atoms with Gasteiger partial charge in [-0.1, -0.05) is 40.2 Å². The van der Waals surface area contributed by atoms with Gasteiger partial charge in [-0.15, -0.1) is 0 Å². The van der Waals surface area contributed by atoms with Crippen LogP contribution in [0.2, 0.25) is 0 Å². The maximum atomic E-state index is 12.0. The number of nitrogens with zero attached hydrogens (tertiary/aromatic N) is 1. The number of carbonyl (C=O) groups is 1. The Kier molecular flexibility index (Phi) is 4.34. The number of hydrogen-bond acceptors (Lipinski definition) is 3. The number of hydrogen-bond donors (Lipinski definition) is 1. The largest absolute Gasteiger partial charge is 0.477 e. The van der Waals surface area contributed by atoms with Gasteiger partial charge in [0, 0.05) is 18.1 Å². The summed E-state index contributed by atoms with van der Waals surface area (Å²) in [7, 11) is 1.63. The van der Waals surface area contributed by atoms with Gasteiger partial charge in [-0.2, -0.15) is 0 Å². The molecule has 1 heterocycles. The number of halogens is 1. The van der Waals surface area contributed by atoms with E-state index in [1.165, 1.54) is 5.56 Å². The summed E-state index contributed by atoms with van der Waals surface area (Å²) in [5, 5.41) is 2.66. The third-order valence-electron chi connectivity index (χ3n) is 3.69. The zero-order chi connectivity index (χ0) is 15.5. The Labute approximate surface area is 138 Å². The monoisotopic (exact) mass is 360 g/mol. The smallest absolute Gasteiger partial charge is 0.262 e. The molecule has 1 aliphatic heterocycles. The summed E-state index contributed by atoms with van der Waals surface area (Å²) >= 11 is 3.45. The van der Waals surface area contributed by atoms with Crippen LogP contribution in [0.15, 0.2) is 53.0 Å². The molecular weight excluding hydrogens is 344 g/mol. The van der Waals surface area contributed by atoms with Crippen molar-refractivity contribution < 1.29 is 9.53 Å². The lowest BCUT2D eigenvalue weighted by Crippen LogP contribution is -2.47. The van der Waals surface area contributed by atoms with Crippen LogP contribution in [-0.4, -0.2) is 25.6 Å². The van der Waals surface area contributed by atoms with Crippen LogP contribution in [-0.2, 0) is 11.3 Å². The van der Waals surface area contributed by atoms with E-state index in [1.807, 2.05) is 36.4 Å². The number of benzene rings is 2. The molecule has 0 fully saturated rings. The average Bonchev–Trinajstić information content (AvgIpc) is 2.56. The molecule has 1 N–H and O–H groups in total. The molecule has 0 radical (unpaired) electrons. The van der Waals surface area contributed by atoms with Crippen LogP contribution >= 0.6 is 15.9 Å². The van der Waals surface area contributed by atoms with E-state index in [4.69, 9.17) is 4.74 Å². The van der Waals surface area contributed by atoms with Crippen LogP contribution in [0.1, 0.15) is 5.56 Å². The van der Waals surface area contributed by atoms with Gasteiger partial charge in [0.1, 0.15) is 5.75 Å². The lowest BCUT2D eigenvalue weighted by molar-refractivity contribution is -0.127. The second kappa shape index (κ2) is 6.40. The molecular formula is C17H17BrN2O2. The van der Waals surface area contributed by atoms with E-state index in [9.17, 15) is 4.79 Å². The van der Waals surface area contributed by atoms with Crippen LogP contribution in [0.5, 0.6) is 5.75 Å². The first-order valence-electron chi connectivity index (χ1n) is 7.14. The third-order valence-corrected chi connectivity index (χ3v) is 4.22. The topological polar surface area (TPSA) is 41.6 Å². The van der Waals surface area contributed by atoms with E-state index in [-0.39, 0.29) is 5.91 Å². The highest BCUT2D eigenvalue weighted by Crippen LogP contribution is 2.34. The molecule has 114 valence electrons. The van der Waals surface area contributed by atoms with Gasteiger partial charge in [0.25, 0.3) is 5.91 Å². The van der Waals surface area contributed by atoms with Crippen LogP contribution in [0.25, 0.3) is 0 Å².